The topological polar surface area (TPSA) is 9.23 Å². The molecule has 0 N–H and O–H groups in total. The third-order valence-electron chi connectivity index (χ3n) is 1.43. The average Bonchev–Trinajstić information content (AvgIpc) is 2.64. The van der Waals surface area contributed by atoms with Crippen LogP contribution in [-0.2, 0) is 4.74 Å². The first kappa shape index (κ1) is 19.9. The van der Waals surface area contributed by atoms with E-state index in [0.29, 0.717) is 0 Å². The van der Waals surface area contributed by atoms with Gasteiger partial charge in [0.25, 0.3) is 0 Å². The summed E-state index contributed by atoms with van der Waals surface area (Å²) in [6.07, 6.45) is 2.56. The molecule has 1 aromatic carbocycles. The molecule has 1 fully saturated rings. The van der Waals surface area contributed by atoms with Crippen molar-refractivity contribution in [1.82, 2.24) is 0 Å². The first-order chi connectivity index (χ1) is 5.50. The summed E-state index contributed by atoms with van der Waals surface area (Å²) in [7, 11) is 0. The number of hydrogen-bond acceptors (Lipinski definition) is 1. The summed E-state index contributed by atoms with van der Waals surface area (Å²) in [6.45, 7) is 2.00. The molecule has 14 heavy (non-hydrogen) atoms. The molecule has 0 bridgehead atoms. The second-order valence-corrected chi connectivity index (χ2v) is 2.40. The summed E-state index contributed by atoms with van der Waals surface area (Å²) in [5.41, 5.74) is 0. The number of rotatable bonds is 0. The predicted octanol–water partition coefficient (Wildman–Crippen LogP) is -0.515. The van der Waals surface area contributed by atoms with Crippen molar-refractivity contribution >= 4 is 40.0 Å². The molecule has 0 saturated carbocycles. The smallest absolute Gasteiger partial charge is 1.00 e. The number of benzene rings is 1. The van der Waals surface area contributed by atoms with Gasteiger partial charge >= 0.3 is 23.1 Å². The maximum absolute atomic E-state index is 4.94. The Bertz CT molecular complexity index is 137. The van der Waals surface area contributed by atoms with Gasteiger partial charge in [-0.3, -0.25) is 0 Å². The van der Waals surface area contributed by atoms with E-state index in [9.17, 15) is 0 Å². The van der Waals surface area contributed by atoms with Gasteiger partial charge in [0.2, 0.25) is 0 Å². The second-order valence-electron chi connectivity index (χ2n) is 2.40. The van der Waals surface area contributed by atoms with Crippen LogP contribution in [0.3, 0.4) is 0 Å². The Morgan fingerprint density at radius 1 is 0.929 bits per heavy atom. The van der Waals surface area contributed by atoms with Gasteiger partial charge in [-0.25, -0.2) is 0 Å². The van der Waals surface area contributed by atoms with Crippen LogP contribution in [0.2, 0.25) is 0 Å². The summed E-state index contributed by atoms with van der Waals surface area (Å²) in [5.74, 6) is 0. The van der Waals surface area contributed by atoms with Crippen LogP contribution >= 0.6 is 17.0 Å². The average molecular weight is 273 g/mol. The van der Waals surface area contributed by atoms with E-state index in [1.165, 1.54) is 12.8 Å². The third kappa shape index (κ3) is 12.4. The van der Waals surface area contributed by atoms with Gasteiger partial charge in [0.1, 0.15) is 0 Å². The molecule has 0 atom stereocenters. The molecule has 0 aromatic heterocycles. The fourth-order valence-corrected chi connectivity index (χ4v) is 0.852. The van der Waals surface area contributed by atoms with Gasteiger partial charge in [0, 0.05) is 13.2 Å². The first-order valence-corrected chi connectivity index (χ1v) is 3.99. The van der Waals surface area contributed by atoms with Crippen LogP contribution in [0.1, 0.15) is 12.8 Å². The zero-order chi connectivity index (χ0) is 7.78. The molecule has 1 saturated heterocycles. The van der Waals surface area contributed by atoms with Crippen LogP contribution in [0.5, 0.6) is 0 Å². The summed E-state index contributed by atoms with van der Waals surface area (Å²) < 4.78 is 4.94. The molecule has 0 unspecified atom stereocenters. The van der Waals surface area contributed by atoms with Crippen molar-refractivity contribution in [2.75, 3.05) is 13.2 Å². The van der Waals surface area contributed by atoms with Crippen LogP contribution in [-0.4, -0.2) is 36.3 Å². The van der Waals surface area contributed by atoms with Crippen LogP contribution in [0.25, 0.3) is 0 Å². The largest absolute Gasteiger partial charge is 2.00 e. The van der Waals surface area contributed by atoms with Crippen molar-refractivity contribution in [3.63, 3.8) is 0 Å². The monoisotopic (exact) mass is 272 g/mol. The third-order valence-corrected chi connectivity index (χ3v) is 1.43. The normalized spacial score (nSPS) is 12.0. The minimum atomic E-state index is 0. The zero-order valence-electron chi connectivity index (χ0n) is 8.12. The Kier molecular flexibility index (Phi) is 22.4. The molecule has 76 valence electrons. The molecular formula is C10H14BrFMgO. The minimum Gasteiger partial charge on any atom is -1.00 e. The Balaban J connectivity index is -0.000000144. The molecule has 1 nitrogen and oxygen atoms in total. The molecule has 4 heteroatoms. The SMILES string of the molecule is Br.C1CCOC1.[F-].[Mg+2].[c-]1ccccc1. The van der Waals surface area contributed by atoms with Crippen molar-refractivity contribution < 1.29 is 9.44 Å². The fourth-order valence-electron chi connectivity index (χ4n) is 0.852. The van der Waals surface area contributed by atoms with Crippen LogP contribution in [0.4, 0.5) is 0 Å². The van der Waals surface area contributed by atoms with Crippen molar-refractivity contribution in [3.05, 3.63) is 36.4 Å². The Labute approximate surface area is 112 Å². The second kappa shape index (κ2) is 15.8. The minimum absolute atomic E-state index is 0. The summed E-state index contributed by atoms with van der Waals surface area (Å²) in [4.78, 5) is 0. The summed E-state index contributed by atoms with van der Waals surface area (Å²) >= 11 is 0. The van der Waals surface area contributed by atoms with Crippen LogP contribution < -0.4 is 4.70 Å². The predicted molar refractivity (Wildman–Crippen MR) is 61.4 cm³/mol. The van der Waals surface area contributed by atoms with E-state index in [4.69, 9.17) is 4.74 Å². The van der Waals surface area contributed by atoms with Gasteiger partial charge in [0.05, 0.1) is 0 Å². The summed E-state index contributed by atoms with van der Waals surface area (Å²) in [5, 5.41) is 0. The van der Waals surface area contributed by atoms with Crippen LogP contribution in [0.15, 0.2) is 30.3 Å². The molecular weight excluding hydrogens is 259 g/mol. The fraction of sp³-hybridized carbons (Fsp3) is 0.400. The Morgan fingerprint density at radius 2 is 1.43 bits per heavy atom. The molecule has 1 aromatic rings. The van der Waals surface area contributed by atoms with E-state index in [1.807, 2.05) is 30.3 Å². The van der Waals surface area contributed by atoms with Gasteiger partial charge in [0.15, 0.2) is 0 Å². The van der Waals surface area contributed by atoms with Gasteiger partial charge in [-0.15, -0.1) is 17.0 Å². The van der Waals surface area contributed by atoms with Crippen molar-refractivity contribution in [2.45, 2.75) is 12.8 Å². The molecule has 1 aliphatic heterocycles. The Hall–Kier alpha value is 0.356. The van der Waals surface area contributed by atoms with Crippen molar-refractivity contribution in [3.8, 4) is 0 Å². The van der Waals surface area contributed by atoms with Gasteiger partial charge in [-0.05, 0) is 12.8 Å². The molecule has 1 heterocycles. The maximum Gasteiger partial charge on any atom is 2.00 e. The van der Waals surface area contributed by atoms with E-state index in [-0.39, 0.29) is 44.7 Å². The molecule has 0 spiro atoms. The quantitative estimate of drug-likeness (QED) is 0.457. The van der Waals surface area contributed by atoms with Crippen molar-refractivity contribution in [2.24, 2.45) is 0 Å². The maximum atomic E-state index is 4.94. The molecule has 0 amide bonds. The van der Waals surface area contributed by atoms with E-state index in [1.54, 1.807) is 0 Å². The summed E-state index contributed by atoms with van der Waals surface area (Å²) in [6, 6.07) is 12.5. The zero-order valence-corrected chi connectivity index (χ0v) is 11.2. The molecule has 0 aliphatic carbocycles. The first-order valence-electron chi connectivity index (χ1n) is 3.99. The van der Waals surface area contributed by atoms with Crippen LogP contribution in [0, 0.1) is 6.07 Å². The van der Waals surface area contributed by atoms with E-state index in [2.05, 4.69) is 6.07 Å². The standard InChI is InChI=1S/C6H5.C4H8O.BrH.FH.Mg/c1-2-4-6-5-3-1;1-2-4-5-3-1;;;/h1-5H;1-4H2;2*1H;/q-1;;;;+2/p-1. The van der Waals surface area contributed by atoms with Gasteiger partial charge < -0.3 is 9.44 Å². The molecule has 2 rings (SSSR count). The van der Waals surface area contributed by atoms with Crippen molar-refractivity contribution in [1.29, 1.82) is 0 Å². The van der Waals surface area contributed by atoms with Gasteiger partial charge in [-0.1, -0.05) is 0 Å². The molecule has 1 aliphatic rings. The molecule has 0 radical (unpaired) electrons. The van der Waals surface area contributed by atoms with E-state index >= 15 is 0 Å². The van der Waals surface area contributed by atoms with E-state index in [0.717, 1.165) is 13.2 Å². The number of ether oxygens (including phenoxy) is 1. The Morgan fingerprint density at radius 3 is 1.57 bits per heavy atom. The number of halogens is 2. The van der Waals surface area contributed by atoms with Gasteiger partial charge in [-0.2, -0.15) is 36.4 Å². The number of hydrogen-bond donors (Lipinski definition) is 0. The van der Waals surface area contributed by atoms with E-state index < -0.39 is 0 Å².